The molecule has 1 saturated carbocycles. The third-order valence-electron chi connectivity index (χ3n) is 5.12. The van der Waals surface area contributed by atoms with Gasteiger partial charge in [-0.3, -0.25) is 0 Å². The van der Waals surface area contributed by atoms with E-state index in [0.717, 1.165) is 38.1 Å². The third kappa shape index (κ3) is 4.57. The average molecular weight is 352 g/mol. The summed E-state index contributed by atoms with van der Waals surface area (Å²) in [6.07, 6.45) is 6.80. The highest BCUT2D eigenvalue weighted by Crippen LogP contribution is 2.28. The van der Waals surface area contributed by atoms with Gasteiger partial charge >= 0.3 is 0 Å². The Morgan fingerprint density at radius 1 is 1.00 bits per heavy atom. The first kappa shape index (κ1) is 18.5. The first-order chi connectivity index (χ1) is 10.1. The van der Waals surface area contributed by atoms with Crippen LogP contribution in [-0.4, -0.2) is 55.8 Å². The highest BCUT2D eigenvalue weighted by Gasteiger charge is 2.35. The Morgan fingerprint density at radius 2 is 1.68 bits per heavy atom. The smallest absolute Gasteiger partial charge is 0.281 e. The van der Waals surface area contributed by atoms with Crippen molar-refractivity contribution in [1.29, 1.82) is 0 Å². The molecule has 1 unspecified atom stereocenters. The van der Waals surface area contributed by atoms with Crippen LogP contribution in [-0.2, 0) is 10.2 Å². The molecule has 0 aromatic carbocycles. The summed E-state index contributed by atoms with van der Waals surface area (Å²) in [5.74, 6) is 1.38. The minimum absolute atomic E-state index is 0. The lowest BCUT2D eigenvalue weighted by atomic mass is 10.0. The minimum Gasteiger partial charge on any atom is -0.314 e. The zero-order chi connectivity index (χ0) is 14.9. The van der Waals surface area contributed by atoms with Crippen molar-refractivity contribution in [2.75, 3.05) is 32.7 Å². The molecule has 0 spiro atoms. The molecule has 1 aliphatic carbocycles. The number of piperidine rings is 2. The Balaban J connectivity index is 0.00000176. The molecule has 1 N–H and O–H groups in total. The molecule has 5 nitrogen and oxygen atoms in total. The molecule has 0 aromatic heterocycles. The largest absolute Gasteiger partial charge is 0.314 e. The van der Waals surface area contributed by atoms with Gasteiger partial charge in [-0.1, -0.05) is 6.92 Å². The van der Waals surface area contributed by atoms with Crippen LogP contribution in [0.3, 0.4) is 0 Å². The van der Waals surface area contributed by atoms with Crippen molar-refractivity contribution in [3.05, 3.63) is 0 Å². The summed E-state index contributed by atoms with van der Waals surface area (Å²) in [6, 6.07) is 0.511. The number of hydrogen-bond acceptors (Lipinski definition) is 3. The second-order valence-corrected chi connectivity index (χ2v) is 9.07. The Hall–Kier alpha value is 0.120. The fraction of sp³-hybridized carbons (Fsp3) is 1.00. The van der Waals surface area contributed by atoms with Crippen molar-refractivity contribution in [1.82, 2.24) is 13.9 Å². The maximum Gasteiger partial charge on any atom is 0.281 e. The van der Waals surface area contributed by atoms with Crippen LogP contribution in [0.15, 0.2) is 0 Å². The van der Waals surface area contributed by atoms with E-state index in [1.165, 1.54) is 12.8 Å². The number of halogens is 1. The van der Waals surface area contributed by atoms with Gasteiger partial charge in [-0.2, -0.15) is 17.0 Å². The van der Waals surface area contributed by atoms with E-state index in [9.17, 15) is 8.42 Å². The lowest BCUT2D eigenvalue weighted by molar-refractivity contribution is 0.234. The Kier molecular flexibility index (Phi) is 6.54. The molecule has 2 heterocycles. The fourth-order valence-corrected chi connectivity index (χ4v) is 5.27. The van der Waals surface area contributed by atoms with Crippen LogP contribution >= 0.6 is 12.4 Å². The SMILES string of the molecule is CC1CCCN(S(=O)(=O)N2CCC(NCC3CC3)CC2)C1.Cl. The van der Waals surface area contributed by atoms with Gasteiger partial charge in [0.05, 0.1) is 0 Å². The van der Waals surface area contributed by atoms with Crippen molar-refractivity contribution >= 4 is 22.6 Å². The van der Waals surface area contributed by atoms with Crippen LogP contribution in [0, 0.1) is 11.8 Å². The van der Waals surface area contributed by atoms with E-state index < -0.39 is 10.2 Å². The van der Waals surface area contributed by atoms with Gasteiger partial charge < -0.3 is 5.32 Å². The quantitative estimate of drug-likeness (QED) is 0.822. The van der Waals surface area contributed by atoms with Crippen LogP contribution in [0.2, 0.25) is 0 Å². The molecule has 0 bridgehead atoms. The molecule has 0 aromatic rings. The molecule has 0 radical (unpaired) electrons. The Labute approximate surface area is 141 Å². The summed E-state index contributed by atoms with van der Waals surface area (Å²) < 4.78 is 28.8. The predicted molar refractivity (Wildman–Crippen MR) is 91.5 cm³/mol. The van der Waals surface area contributed by atoms with E-state index in [0.29, 0.717) is 38.1 Å². The summed E-state index contributed by atoms with van der Waals surface area (Å²) in [5, 5.41) is 3.61. The summed E-state index contributed by atoms with van der Waals surface area (Å²) in [6.45, 7) is 6.02. The van der Waals surface area contributed by atoms with E-state index in [4.69, 9.17) is 0 Å². The van der Waals surface area contributed by atoms with Crippen molar-refractivity contribution < 1.29 is 8.42 Å². The normalized spacial score (nSPS) is 29.2. The lowest BCUT2D eigenvalue weighted by Gasteiger charge is -2.37. The van der Waals surface area contributed by atoms with E-state index in [1.807, 2.05) is 0 Å². The van der Waals surface area contributed by atoms with Crippen molar-refractivity contribution in [3.8, 4) is 0 Å². The van der Waals surface area contributed by atoms with Crippen LogP contribution < -0.4 is 5.32 Å². The molecule has 0 amide bonds. The molecular weight excluding hydrogens is 322 g/mol. The maximum absolute atomic E-state index is 12.7. The van der Waals surface area contributed by atoms with Gasteiger partial charge in [0.15, 0.2) is 0 Å². The molecule has 1 atom stereocenters. The molecular formula is C15H30ClN3O2S. The zero-order valence-corrected chi connectivity index (χ0v) is 15.2. The van der Waals surface area contributed by atoms with E-state index in [-0.39, 0.29) is 12.4 Å². The zero-order valence-electron chi connectivity index (χ0n) is 13.5. The second kappa shape index (κ2) is 7.79. The van der Waals surface area contributed by atoms with Crippen molar-refractivity contribution in [2.45, 2.75) is 51.5 Å². The molecule has 130 valence electrons. The summed E-state index contributed by atoms with van der Waals surface area (Å²) in [4.78, 5) is 0. The van der Waals surface area contributed by atoms with Gasteiger partial charge in [-0.25, -0.2) is 0 Å². The van der Waals surface area contributed by atoms with Gasteiger partial charge in [-0.05, 0) is 56.9 Å². The van der Waals surface area contributed by atoms with Crippen molar-refractivity contribution in [3.63, 3.8) is 0 Å². The van der Waals surface area contributed by atoms with Crippen LogP contribution in [0.5, 0.6) is 0 Å². The van der Waals surface area contributed by atoms with Gasteiger partial charge in [-0.15, -0.1) is 12.4 Å². The molecule has 22 heavy (non-hydrogen) atoms. The lowest BCUT2D eigenvalue weighted by Crippen LogP contribution is -2.52. The summed E-state index contributed by atoms with van der Waals surface area (Å²) in [5.41, 5.74) is 0. The van der Waals surface area contributed by atoms with Gasteiger partial charge in [0.25, 0.3) is 10.2 Å². The number of nitrogens with one attached hydrogen (secondary N) is 1. The van der Waals surface area contributed by atoms with Crippen LogP contribution in [0.1, 0.15) is 45.4 Å². The summed E-state index contributed by atoms with van der Waals surface area (Å²) >= 11 is 0. The standard InChI is InChI=1S/C15H29N3O2S.ClH/c1-13-3-2-8-18(12-13)21(19,20)17-9-6-15(7-10-17)16-11-14-4-5-14;/h13-16H,2-12H2,1H3;1H. The van der Waals surface area contributed by atoms with E-state index in [2.05, 4.69) is 12.2 Å². The fourth-order valence-electron chi connectivity index (χ4n) is 3.47. The summed E-state index contributed by atoms with van der Waals surface area (Å²) in [7, 11) is -3.22. The van der Waals surface area contributed by atoms with Gasteiger partial charge in [0, 0.05) is 32.2 Å². The Morgan fingerprint density at radius 3 is 2.27 bits per heavy atom. The molecule has 3 aliphatic rings. The molecule has 3 rings (SSSR count). The molecule has 2 aliphatic heterocycles. The Bertz CT molecular complexity index is 448. The second-order valence-electron chi connectivity index (χ2n) is 7.14. The topological polar surface area (TPSA) is 52.7 Å². The highest BCUT2D eigenvalue weighted by molar-refractivity contribution is 7.86. The first-order valence-corrected chi connectivity index (χ1v) is 9.94. The van der Waals surface area contributed by atoms with Crippen molar-refractivity contribution in [2.24, 2.45) is 11.8 Å². The van der Waals surface area contributed by atoms with E-state index in [1.54, 1.807) is 8.61 Å². The monoisotopic (exact) mass is 351 g/mol. The maximum atomic E-state index is 12.7. The molecule has 7 heteroatoms. The number of rotatable bonds is 5. The molecule has 3 fully saturated rings. The highest BCUT2D eigenvalue weighted by atomic mass is 35.5. The van der Waals surface area contributed by atoms with Crippen LogP contribution in [0.25, 0.3) is 0 Å². The van der Waals surface area contributed by atoms with Crippen LogP contribution in [0.4, 0.5) is 0 Å². The first-order valence-electron chi connectivity index (χ1n) is 8.54. The predicted octanol–water partition coefficient (Wildman–Crippen LogP) is 1.85. The average Bonchev–Trinajstić information content (AvgIpc) is 3.30. The molecule has 2 saturated heterocycles. The van der Waals surface area contributed by atoms with E-state index >= 15 is 0 Å². The third-order valence-corrected chi connectivity index (χ3v) is 7.12. The minimum atomic E-state index is -3.22. The van der Waals surface area contributed by atoms with Gasteiger partial charge in [0.2, 0.25) is 0 Å². The number of nitrogens with zero attached hydrogens (tertiary/aromatic N) is 2. The van der Waals surface area contributed by atoms with Gasteiger partial charge in [0.1, 0.15) is 0 Å². The number of hydrogen-bond donors (Lipinski definition) is 1.